The molecular formula is C11H12F3NO. The van der Waals surface area contributed by atoms with Gasteiger partial charge in [0.15, 0.2) is 0 Å². The Bertz CT molecular complexity index is 387. The van der Waals surface area contributed by atoms with Gasteiger partial charge in [-0.1, -0.05) is 12.1 Å². The van der Waals surface area contributed by atoms with E-state index in [2.05, 4.69) is 0 Å². The van der Waals surface area contributed by atoms with Crippen molar-refractivity contribution in [1.29, 1.82) is 0 Å². The highest BCUT2D eigenvalue weighted by Gasteiger charge is 2.35. The summed E-state index contributed by atoms with van der Waals surface area (Å²) in [6, 6.07) is 4.80. The molecular weight excluding hydrogens is 219 g/mol. The second-order valence-electron chi connectivity index (χ2n) is 3.36. The topological polar surface area (TPSA) is 20.3 Å². The predicted molar refractivity (Wildman–Crippen MR) is 54.1 cm³/mol. The number of amides is 1. The zero-order chi connectivity index (χ0) is 12.3. The van der Waals surface area contributed by atoms with Crippen molar-refractivity contribution in [2.24, 2.45) is 0 Å². The molecule has 1 aromatic rings. The summed E-state index contributed by atoms with van der Waals surface area (Å²) >= 11 is 0. The van der Waals surface area contributed by atoms with Gasteiger partial charge in [-0.2, -0.15) is 13.2 Å². The summed E-state index contributed by atoms with van der Waals surface area (Å²) in [6.45, 7) is 2.07. The van der Waals surface area contributed by atoms with E-state index in [4.69, 9.17) is 0 Å². The Balaban J connectivity index is 3.19. The molecule has 0 N–H and O–H groups in total. The van der Waals surface area contributed by atoms with E-state index in [-0.39, 0.29) is 5.56 Å². The third kappa shape index (κ3) is 2.53. The second kappa shape index (κ2) is 4.55. The van der Waals surface area contributed by atoms with Crippen LogP contribution in [0.4, 0.5) is 13.2 Å². The van der Waals surface area contributed by atoms with Crippen LogP contribution in [0.2, 0.25) is 0 Å². The predicted octanol–water partition coefficient (Wildman–Crippen LogP) is 2.80. The SMILES string of the molecule is CCN(C)C(=O)c1ccccc1C(F)(F)F. The summed E-state index contributed by atoms with van der Waals surface area (Å²) in [6.07, 6.45) is -4.50. The van der Waals surface area contributed by atoms with Crippen molar-refractivity contribution >= 4 is 5.91 Å². The molecule has 16 heavy (non-hydrogen) atoms. The molecule has 2 nitrogen and oxygen atoms in total. The van der Waals surface area contributed by atoms with Gasteiger partial charge in [-0.3, -0.25) is 4.79 Å². The smallest absolute Gasteiger partial charge is 0.342 e. The summed E-state index contributed by atoms with van der Waals surface area (Å²) in [7, 11) is 1.47. The molecule has 0 unspecified atom stereocenters. The molecule has 5 heteroatoms. The Morgan fingerprint density at radius 1 is 1.31 bits per heavy atom. The van der Waals surface area contributed by atoms with E-state index < -0.39 is 17.6 Å². The van der Waals surface area contributed by atoms with Gasteiger partial charge in [0.2, 0.25) is 0 Å². The molecule has 0 spiro atoms. The first-order chi connectivity index (χ1) is 7.38. The van der Waals surface area contributed by atoms with E-state index in [1.807, 2.05) is 0 Å². The van der Waals surface area contributed by atoms with Gasteiger partial charge in [-0.15, -0.1) is 0 Å². The van der Waals surface area contributed by atoms with Crippen LogP contribution >= 0.6 is 0 Å². The maximum Gasteiger partial charge on any atom is 0.417 e. The summed E-state index contributed by atoms with van der Waals surface area (Å²) < 4.78 is 37.8. The van der Waals surface area contributed by atoms with Crippen molar-refractivity contribution in [3.8, 4) is 0 Å². The maximum atomic E-state index is 12.6. The van der Waals surface area contributed by atoms with Gasteiger partial charge in [-0.05, 0) is 19.1 Å². The molecule has 1 rings (SSSR count). The molecule has 0 saturated carbocycles. The van der Waals surface area contributed by atoms with Crippen molar-refractivity contribution in [1.82, 2.24) is 4.90 Å². The molecule has 1 aromatic carbocycles. The molecule has 0 aliphatic carbocycles. The zero-order valence-corrected chi connectivity index (χ0v) is 9.01. The standard InChI is InChI=1S/C11H12F3NO/c1-3-15(2)10(16)8-6-4-5-7-9(8)11(12,13)14/h4-7H,3H2,1-2H3. The number of benzene rings is 1. The minimum absolute atomic E-state index is 0.306. The largest absolute Gasteiger partial charge is 0.417 e. The molecule has 0 heterocycles. The van der Waals surface area contributed by atoms with Gasteiger partial charge in [0.25, 0.3) is 5.91 Å². The zero-order valence-electron chi connectivity index (χ0n) is 9.01. The van der Waals surface area contributed by atoms with Crippen LogP contribution in [0.3, 0.4) is 0 Å². The summed E-state index contributed by atoms with van der Waals surface area (Å²) in [5, 5.41) is 0. The first-order valence-electron chi connectivity index (χ1n) is 4.79. The van der Waals surface area contributed by atoms with E-state index in [1.165, 1.54) is 30.1 Å². The molecule has 0 bridgehead atoms. The van der Waals surface area contributed by atoms with Crippen molar-refractivity contribution in [2.75, 3.05) is 13.6 Å². The second-order valence-corrected chi connectivity index (χ2v) is 3.36. The molecule has 88 valence electrons. The first-order valence-corrected chi connectivity index (χ1v) is 4.79. The number of carbonyl (C=O) groups excluding carboxylic acids is 1. The first kappa shape index (κ1) is 12.5. The number of carbonyl (C=O) groups is 1. The monoisotopic (exact) mass is 231 g/mol. The summed E-state index contributed by atoms with van der Waals surface area (Å²) in [5.74, 6) is -0.615. The average Bonchev–Trinajstić information content (AvgIpc) is 2.26. The Morgan fingerprint density at radius 3 is 2.38 bits per heavy atom. The van der Waals surface area contributed by atoms with E-state index in [1.54, 1.807) is 6.92 Å². The molecule has 0 aromatic heterocycles. The van der Waals surface area contributed by atoms with Gasteiger partial charge in [-0.25, -0.2) is 0 Å². The van der Waals surface area contributed by atoms with Crippen LogP contribution in [0.15, 0.2) is 24.3 Å². The molecule has 0 radical (unpaired) electrons. The van der Waals surface area contributed by atoms with E-state index in [0.29, 0.717) is 6.54 Å². The molecule has 1 amide bonds. The quantitative estimate of drug-likeness (QED) is 0.766. The van der Waals surface area contributed by atoms with Crippen LogP contribution in [0.25, 0.3) is 0 Å². The minimum Gasteiger partial charge on any atom is -0.342 e. The van der Waals surface area contributed by atoms with Crippen LogP contribution in [0.5, 0.6) is 0 Å². The lowest BCUT2D eigenvalue weighted by Gasteiger charge is -2.18. The molecule has 0 aliphatic rings. The lowest BCUT2D eigenvalue weighted by Crippen LogP contribution is -2.28. The lowest BCUT2D eigenvalue weighted by atomic mass is 10.1. The number of hydrogen-bond donors (Lipinski definition) is 0. The third-order valence-electron chi connectivity index (χ3n) is 2.28. The normalized spacial score (nSPS) is 11.3. The minimum atomic E-state index is -4.50. The number of rotatable bonds is 2. The van der Waals surface area contributed by atoms with Crippen LogP contribution in [-0.2, 0) is 6.18 Å². The highest BCUT2D eigenvalue weighted by atomic mass is 19.4. The molecule has 0 fully saturated rings. The van der Waals surface area contributed by atoms with E-state index in [9.17, 15) is 18.0 Å². The molecule has 0 atom stereocenters. The van der Waals surface area contributed by atoms with Gasteiger partial charge >= 0.3 is 6.18 Å². The fourth-order valence-corrected chi connectivity index (χ4v) is 1.27. The Hall–Kier alpha value is -1.52. The number of alkyl halides is 3. The van der Waals surface area contributed by atoms with E-state index in [0.717, 1.165) is 6.07 Å². The molecule has 0 saturated heterocycles. The third-order valence-corrected chi connectivity index (χ3v) is 2.28. The number of nitrogens with zero attached hydrogens (tertiary/aromatic N) is 1. The lowest BCUT2D eigenvalue weighted by molar-refractivity contribution is -0.138. The Labute approximate surface area is 91.7 Å². The average molecular weight is 231 g/mol. The van der Waals surface area contributed by atoms with Crippen LogP contribution in [0, 0.1) is 0 Å². The van der Waals surface area contributed by atoms with Gasteiger partial charge in [0, 0.05) is 13.6 Å². The highest BCUT2D eigenvalue weighted by Crippen LogP contribution is 2.32. The van der Waals surface area contributed by atoms with Gasteiger partial charge in [0.1, 0.15) is 0 Å². The fourth-order valence-electron chi connectivity index (χ4n) is 1.27. The number of hydrogen-bond acceptors (Lipinski definition) is 1. The Kier molecular flexibility index (Phi) is 3.57. The van der Waals surface area contributed by atoms with Crippen LogP contribution in [-0.4, -0.2) is 24.4 Å². The number of halogens is 3. The van der Waals surface area contributed by atoms with Gasteiger partial charge < -0.3 is 4.90 Å². The van der Waals surface area contributed by atoms with E-state index >= 15 is 0 Å². The van der Waals surface area contributed by atoms with Crippen molar-refractivity contribution < 1.29 is 18.0 Å². The van der Waals surface area contributed by atoms with Crippen molar-refractivity contribution in [2.45, 2.75) is 13.1 Å². The maximum absolute atomic E-state index is 12.6. The Morgan fingerprint density at radius 2 is 1.88 bits per heavy atom. The highest BCUT2D eigenvalue weighted by molar-refractivity contribution is 5.95. The van der Waals surface area contributed by atoms with Gasteiger partial charge in [0.05, 0.1) is 11.1 Å². The van der Waals surface area contributed by atoms with Crippen molar-refractivity contribution in [3.05, 3.63) is 35.4 Å². The van der Waals surface area contributed by atoms with Crippen LogP contribution in [0.1, 0.15) is 22.8 Å². The summed E-state index contributed by atoms with van der Waals surface area (Å²) in [5.41, 5.74) is -1.19. The van der Waals surface area contributed by atoms with Crippen molar-refractivity contribution in [3.63, 3.8) is 0 Å². The summed E-state index contributed by atoms with van der Waals surface area (Å²) in [4.78, 5) is 12.9. The molecule has 0 aliphatic heterocycles. The van der Waals surface area contributed by atoms with Crippen LogP contribution < -0.4 is 0 Å². The fraction of sp³-hybridized carbons (Fsp3) is 0.364.